The van der Waals surface area contributed by atoms with Crippen LogP contribution in [-0.2, 0) is 9.59 Å². The van der Waals surface area contributed by atoms with E-state index in [1.807, 2.05) is 0 Å². The molecule has 3 N–H and O–H groups in total. The number of hydrogen-bond donors (Lipinski definition) is 3. The summed E-state index contributed by atoms with van der Waals surface area (Å²) in [5.41, 5.74) is -0.397. The normalized spacial score (nSPS) is 38.6. The number of rotatable bonds is 8. The fourth-order valence-electron chi connectivity index (χ4n) is 10.1. The molecule has 9 heteroatoms. The Morgan fingerprint density at radius 2 is 1.62 bits per heavy atom. The van der Waals surface area contributed by atoms with Crippen molar-refractivity contribution in [3.05, 3.63) is 23.3 Å². The number of amides is 2. The van der Waals surface area contributed by atoms with Crippen LogP contribution < -0.4 is 20.1 Å². The van der Waals surface area contributed by atoms with Gasteiger partial charge in [-0.15, -0.1) is 0 Å². The second kappa shape index (κ2) is 12.1. The van der Waals surface area contributed by atoms with Crippen molar-refractivity contribution in [1.29, 1.82) is 5.26 Å². The third-order valence-electron chi connectivity index (χ3n) is 12.0. The number of fused-ring (bicyclic) bond motifs is 4. The molecule has 244 valence electrons. The Labute approximate surface area is 266 Å². The van der Waals surface area contributed by atoms with Gasteiger partial charge in [0.25, 0.3) is 5.91 Å². The summed E-state index contributed by atoms with van der Waals surface area (Å²) in [6.07, 6.45) is 10.4. The molecule has 0 saturated heterocycles. The van der Waals surface area contributed by atoms with Crippen LogP contribution in [0.25, 0.3) is 0 Å². The smallest absolute Gasteiger partial charge is 0.309 e. The molecule has 9 nitrogen and oxygen atoms in total. The van der Waals surface area contributed by atoms with Gasteiger partial charge in [-0.05, 0) is 120 Å². The molecule has 0 aromatic heterocycles. The van der Waals surface area contributed by atoms with E-state index in [0.717, 1.165) is 38.5 Å². The van der Waals surface area contributed by atoms with Gasteiger partial charge in [-0.1, -0.05) is 13.8 Å². The predicted molar refractivity (Wildman–Crippen MR) is 168 cm³/mol. The predicted octanol–water partition coefficient (Wildman–Crippen LogP) is 5.84. The van der Waals surface area contributed by atoms with Gasteiger partial charge < -0.3 is 25.2 Å². The Kier molecular flexibility index (Phi) is 8.56. The number of ether oxygens (including phenoxy) is 2. The van der Waals surface area contributed by atoms with Gasteiger partial charge in [-0.2, -0.15) is 5.26 Å². The van der Waals surface area contributed by atoms with Crippen LogP contribution >= 0.6 is 0 Å². The van der Waals surface area contributed by atoms with Crippen molar-refractivity contribution in [2.45, 2.75) is 116 Å². The molecular formula is C36H49N3O6. The number of nitrogens with one attached hydrogen (secondary N) is 2. The number of carbonyl (C=O) groups excluding carboxylic acids is 2. The monoisotopic (exact) mass is 619 g/mol. The third-order valence-corrected chi connectivity index (χ3v) is 12.0. The first-order valence-corrected chi connectivity index (χ1v) is 17.1. The van der Waals surface area contributed by atoms with Crippen molar-refractivity contribution in [1.82, 2.24) is 10.6 Å². The molecule has 4 bridgehead atoms. The quantitative estimate of drug-likeness (QED) is 0.332. The van der Waals surface area contributed by atoms with Crippen molar-refractivity contribution in [2.24, 2.45) is 40.9 Å². The summed E-state index contributed by atoms with van der Waals surface area (Å²) >= 11 is 0. The lowest BCUT2D eigenvalue weighted by Gasteiger charge is -2.51. The van der Waals surface area contributed by atoms with Gasteiger partial charge in [0.1, 0.15) is 17.6 Å². The van der Waals surface area contributed by atoms with Crippen molar-refractivity contribution < 1.29 is 29.0 Å². The van der Waals surface area contributed by atoms with Crippen molar-refractivity contribution in [3.63, 3.8) is 0 Å². The van der Waals surface area contributed by atoms with Crippen LogP contribution in [0.15, 0.2) is 12.1 Å². The lowest BCUT2D eigenvalue weighted by atomic mass is 9.61. The molecular weight excluding hydrogens is 570 g/mol. The third kappa shape index (κ3) is 6.14. The minimum atomic E-state index is -0.805. The van der Waals surface area contributed by atoms with Gasteiger partial charge in [-0.25, -0.2) is 0 Å². The van der Waals surface area contributed by atoms with Crippen LogP contribution in [0.5, 0.6) is 11.5 Å². The van der Waals surface area contributed by atoms with Gasteiger partial charge >= 0.3 is 5.97 Å². The van der Waals surface area contributed by atoms with E-state index in [2.05, 4.69) is 30.6 Å². The zero-order valence-corrected chi connectivity index (χ0v) is 27.2. The SMILES string of the molecule is COc1cc(C#N)c(OC2CCC(C)(C(=O)O)CC2)cc1C(=O)N[C@@H]1[C@H]2CC[C@H](C2)[C@@H]1C(=O)NC12CC(C[C@@H](C)C1)C[C@@H](C)C2. The molecule has 0 unspecified atom stereocenters. The van der Waals surface area contributed by atoms with Gasteiger partial charge in [0.2, 0.25) is 5.91 Å². The molecule has 0 radical (unpaired) electrons. The Morgan fingerprint density at radius 3 is 2.24 bits per heavy atom. The highest BCUT2D eigenvalue weighted by atomic mass is 16.5. The first-order valence-electron chi connectivity index (χ1n) is 17.1. The summed E-state index contributed by atoms with van der Waals surface area (Å²) in [4.78, 5) is 39.8. The standard InChI is InChI=1S/C36H49N3O6/c1-20-11-22-12-21(2)17-36(16-20,18-22)39-33(41)30-23-5-6-24(13-23)31(30)38-32(40)27-15-28(25(19-37)14-29(27)44-4)45-26-7-9-35(3,10-8-26)34(42)43/h14-15,20-24,26,30-31H,5-13,16-18H2,1-4H3,(H,38,40)(H,39,41)(H,42,43)/t20-,21-,22?,23-,24+,26?,30+,31-,35?,36?/m1/s1. The number of carboxylic acids is 1. The highest BCUT2D eigenvalue weighted by molar-refractivity contribution is 5.98. The first kappa shape index (κ1) is 31.7. The number of aliphatic carboxylic acids is 1. The summed E-state index contributed by atoms with van der Waals surface area (Å²) in [5, 5.41) is 26.3. The fraction of sp³-hybridized carbons (Fsp3) is 0.722. The zero-order chi connectivity index (χ0) is 32.1. The van der Waals surface area contributed by atoms with Crippen LogP contribution in [0, 0.1) is 52.3 Å². The summed E-state index contributed by atoms with van der Waals surface area (Å²) < 4.78 is 11.8. The molecule has 6 atom stereocenters. The summed E-state index contributed by atoms with van der Waals surface area (Å²) in [6, 6.07) is 5.00. The van der Waals surface area contributed by atoms with Crippen molar-refractivity contribution >= 4 is 17.8 Å². The average molecular weight is 620 g/mol. The van der Waals surface area contributed by atoms with Gasteiger partial charge in [0.05, 0.1) is 35.7 Å². The minimum Gasteiger partial charge on any atom is -0.496 e. The summed E-state index contributed by atoms with van der Waals surface area (Å²) in [6.45, 7) is 6.38. The topological polar surface area (TPSA) is 138 Å². The Balaban J connectivity index is 1.19. The molecule has 1 aromatic carbocycles. The van der Waals surface area contributed by atoms with E-state index in [-0.39, 0.29) is 64.1 Å². The minimum absolute atomic E-state index is 0.0934. The molecule has 45 heavy (non-hydrogen) atoms. The molecule has 5 aliphatic carbocycles. The maximum Gasteiger partial charge on any atom is 0.309 e. The molecule has 5 fully saturated rings. The van der Waals surface area contributed by atoms with E-state index in [1.54, 1.807) is 13.0 Å². The molecule has 0 heterocycles. The molecule has 0 spiro atoms. The lowest BCUT2D eigenvalue weighted by molar-refractivity contribution is -0.150. The number of nitrogens with zero attached hydrogens (tertiary/aromatic N) is 1. The molecule has 5 aliphatic rings. The van der Waals surface area contributed by atoms with E-state index in [4.69, 9.17) is 9.47 Å². The lowest BCUT2D eigenvalue weighted by Crippen LogP contribution is -2.60. The zero-order valence-electron chi connectivity index (χ0n) is 27.2. The fourth-order valence-corrected chi connectivity index (χ4v) is 10.1. The Morgan fingerprint density at radius 1 is 0.956 bits per heavy atom. The highest BCUT2D eigenvalue weighted by Crippen LogP contribution is 2.51. The molecule has 5 saturated carbocycles. The number of benzene rings is 1. The van der Waals surface area contributed by atoms with E-state index in [9.17, 15) is 24.8 Å². The van der Waals surface area contributed by atoms with Gasteiger partial charge in [0, 0.05) is 17.6 Å². The number of methoxy groups -OCH3 is 1. The molecule has 0 aliphatic heterocycles. The maximum absolute atomic E-state index is 14.1. The summed E-state index contributed by atoms with van der Waals surface area (Å²) in [7, 11) is 1.47. The molecule has 2 amide bonds. The maximum atomic E-state index is 14.1. The number of carbonyl (C=O) groups is 3. The molecule has 6 rings (SSSR count). The van der Waals surface area contributed by atoms with Crippen LogP contribution in [0.3, 0.4) is 0 Å². The van der Waals surface area contributed by atoms with Crippen LogP contribution in [0.4, 0.5) is 0 Å². The first-order chi connectivity index (χ1) is 21.4. The Bertz CT molecular complexity index is 1360. The van der Waals surface area contributed by atoms with Crippen LogP contribution in [-0.4, -0.2) is 47.7 Å². The van der Waals surface area contributed by atoms with E-state index < -0.39 is 11.4 Å². The number of nitriles is 1. The van der Waals surface area contributed by atoms with Gasteiger partial charge in [-0.3, -0.25) is 14.4 Å². The second-order valence-electron chi connectivity index (χ2n) is 15.6. The average Bonchev–Trinajstić information content (AvgIpc) is 3.59. The van der Waals surface area contributed by atoms with Crippen molar-refractivity contribution in [2.75, 3.05) is 7.11 Å². The van der Waals surface area contributed by atoms with E-state index >= 15 is 0 Å². The summed E-state index contributed by atoms with van der Waals surface area (Å²) in [5.74, 6) is 1.64. The van der Waals surface area contributed by atoms with Gasteiger partial charge in [0.15, 0.2) is 0 Å². The molecule has 1 aromatic rings. The largest absolute Gasteiger partial charge is 0.496 e. The highest BCUT2D eigenvalue weighted by Gasteiger charge is 2.54. The van der Waals surface area contributed by atoms with Crippen LogP contribution in [0.2, 0.25) is 0 Å². The van der Waals surface area contributed by atoms with E-state index in [1.165, 1.54) is 26.0 Å². The van der Waals surface area contributed by atoms with Crippen molar-refractivity contribution in [3.8, 4) is 17.6 Å². The second-order valence-corrected chi connectivity index (χ2v) is 15.6. The van der Waals surface area contributed by atoms with E-state index in [0.29, 0.717) is 49.2 Å². The number of hydrogen-bond acceptors (Lipinski definition) is 6. The number of carboxylic acid groups (broad SMARTS) is 1. The van der Waals surface area contributed by atoms with Crippen LogP contribution in [0.1, 0.15) is 114 Å². The Hall–Kier alpha value is -3.28.